The SMILES string of the molecule is CCCn1ncc(Cl)c1C(O)Cc1ccc(Cl)c(Cl)c1. The van der Waals surface area contributed by atoms with Crippen molar-refractivity contribution in [1.29, 1.82) is 0 Å². The summed E-state index contributed by atoms with van der Waals surface area (Å²) in [6.45, 7) is 2.77. The van der Waals surface area contributed by atoms with E-state index in [1.165, 1.54) is 0 Å². The molecule has 0 amide bonds. The van der Waals surface area contributed by atoms with Crippen LogP contribution in [0.5, 0.6) is 0 Å². The topological polar surface area (TPSA) is 38.0 Å². The summed E-state index contributed by atoms with van der Waals surface area (Å²) in [5.41, 5.74) is 1.53. The van der Waals surface area contributed by atoms with Crippen LogP contribution in [-0.4, -0.2) is 14.9 Å². The van der Waals surface area contributed by atoms with Crippen molar-refractivity contribution in [3.8, 4) is 0 Å². The van der Waals surface area contributed by atoms with Gasteiger partial charge < -0.3 is 5.11 Å². The van der Waals surface area contributed by atoms with Gasteiger partial charge in [-0.2, -0.15) is 5.10 Å². The predicted octanol–water partition coefficient (Wildman–Crippen LogP) is 4.53. The van der Waals surface area contributed by atoms with Gasteiger partial charge in [0.15, 0.2) is 0 Å². The van der Waals surface area contributed by atoms with Crippen molar-refractivity contribution in [3.05, 3.63) is 50.7 Å². The van der Waals surface area contributed by atoms with Gasteiger partial charge in [0.05, 0.1) is 27.0 Å². The molecule has 1 aromatic heterocycles. The third-order valence-corrected chi connectivity index (χ3v) is 4.03. The number of hydrogen-bond donors (Lipinski definition) is 1. The first kappa shape index (κ1) is 15.6. The molecule has 0 bridgehead atoms. The number of hydrogen-bond acceptors (Lipinski definition) is 2. The second-order valence-corrected chi connectivity index (χ2v) is 5.79. The largest absolute Gasteiger partial charge is 0.386 e. The third-order valence-electron chi connectivity index (χ3n) is 3.00. The van der Waals surface area contributed by atoms with Crippen LogP contribution in [-0.2, 0) is 13.0 Å². The van der Waals surface area contributed by atoms with E-state index in [0.29, 0.717) is 27.2 Å². The summed E-state index contributed by atoms with van der Waals surface area (Å²) in [5, 5.41) is 16.0. The van der Waals surface area contributed by atoms with Crippen molar-refractivity contribution in [1.82, 2.24) is 9.78 Å². The summed E-state index contributed by atoms with van der Waals surface area (Å²) in [5.74, 6) is 0. The van der Waals surface area contributed by atoms with Crippen molar-refractivity contribution < 1.29 is 5.11 Å². The van der Waals surface area contributed by atoms with E-state index in [2.05, 4.69) is 5.10 Å². The minimum absolute atomic E-state index is 0.409. The molecule has 6 heteroatoms. The fraction of sp³-hybridized carbons (Fsp3) is 0.357. The lowest BCUT2D eigenvalue weighted by atomic mass is 10.1. The van der Waals surface area contributed by atoms with Crippen LogP contribution in [0.3, 0.4) is 0 Å². The molecule has 0 fully saturated rings. The molecular weight excluding hydrogens is 319 g/mol. The molecule has 2 rings (SSSR count). The van der Waals surface area contributed by atoms with Gasteiger partial charge in [-0.1, -0.05) is 47.8 Å². The van der Waals surface area contributed by atoms with Crippen LogP contribution < -0.4 is 0 Å². The molecule has 1 N–H and O–H groups in total. The van der Waals surface area contributed by atoms with E-state index in [9.17, 15) is 5.11 Å². The Balaban J connectivity index is 2.21. The average Bonchev–Trinajstić information content (AvgIpc) is 2.76. The van der Waals surface area contributed by atoms with Crippen LogP contribution >= 0.6 is 34.8 Å². The van der Waals surface area contributed by atoms with E-state index < -0.39 is 6.10 Å². The summed E-state index contributed by atoms with van der Waals surface area (Å²) in [6.07, 6.45) is 2.16. The van der Waals surface area contributed by atoms with Gasteiger partial charge in [0.2, 0.25) is 0 Å². The van der Waals surface area contributed by atoms with Crippen LogP contribution in [0.25, 0.3) is 0 Å². The van der Waals surface area contributed by atoms with Gasteiger partial charge in [0.1, 0.15) is 6.10 Å². The molecule has 0 aliphatic carbocycles. The summed E-state index contributed by atoms with van der Waals surface area (Å²) in [6, 6.07) is 5.31. The number of aliphatic hydroxyl groups excluding tert-OH is 1. The molecule has 0 radical (unpaired) electrons. The van der Waals surface area contributed by atoms with Gasteiger partial charge in [0, 0.05) is 13.0 Å². The maximum atomic E-state index is 10.4. The number of aryl methyl sites for hydroxylation is 1. The number of benzene rings is 1. The fourth-order valence-electron chi connectivity index (χ4n) is 2.08. The van der Waals surface area contributed by atoms with E-state index >= 15 is 0 Å². The molecule has 1 heterocycles. The van der Waals surface area contributed by atoms with Crippen LogP contribution in [0, 0.1) is 0 Å². The summed E-state index contributed by atoms with van der Waals surface area (Å²) in [4.78, 5) is 0. The lowest BCUT2D eigenvalue weighted by molar-refractivity contribution is 0.166. The van der Waals surface area contributed by atoms with E-state index in [4.69, 9.17) is 34.8 Å². The Labute approximate surface area is 133 Å². The highest BCUT2D eigenvalue weighted by molar-refractivity contribution is 6.42. The van der Waals surface area contributed by atoms with E-state index in [0.717, 1.165) is 18.5 Å². The lowest BCUT2D eigenvalue weighted by Gasteiger charge is -2.14. The average molecular weight is 334 g/mol. The Morgan fingerprint density at radius 1 is 1.20 bits per heavy atom. The smallest absolute Gasteiger partial charge is 0.101 e. The third kappa shape index (κ3) is 3.47. The van der Waals surface area contributed by atoms with E-state index in [1.807, 2.05) is 13.0 Å². The van der Waals surface area contributed by atoms with Gasteiger partial charge in [-0.15, -0.1) is 0 Å². The number of aliphatic hydroxyl groups is 1. The number of halogens is 3. The first-order valence-electron chi connectivity index (χ1n) is 6.36. The molecule has 1 atom stereocenters. The first-order valence-corrected chi connectivity index (χ1v) is 7.49. The quantitative estimate of drug-likeness (QED) is 0.873. The first-order chi connectivity index (χ1) is 9.52. The summed E-state index contributed by atoms with van der Waals surface area (Å²) >= 11 is 18.0. The maximum absolute atomic E-state index is 10.4. The Morgan fingerprint density at radius 2 is 1.95 bits per heavy atom. The van der Waals surface area contributed by atoms with Crippen LogP contribution in [0.4, 0.5) is 0 Å². The molecule has 108 valence electrons. The van der Waals surface area contributed by atoms with Gasteiger partial charge in [-0.3, -0.25) is 4.68 Å². The monoisotopic (exact) mass is 332 g/mol. The molecule has 0 aliphatic heterocycles. The summed E-state index contributed by atoms with van der Waals surface area (Å²) < 4.78 is 1.74. The highest BCUT2D eigenvalue weighted by atomic mass is 35.5. The van der Waals surface area contributed by atoms with Crippen molar-refractivity contribution in [2.45, 2.75) is 32.4 Å². The second kappa shape index (κ2) is 6.81. The highest BCUT2D eigenvalue weighted by Crippen LogP contribution is 2.28. The Kier molecular flexibility index (Phi) is 5.33. The van der Waals surface area contributed by atoms with Crippen LogP contribution in [0.15, 0.2) is 24.4 Å². The maximum Gasteiger partial charge on any atom is 0.101 e. The second-order valence-electron chi connectivity index (χ2n) is 4.57. The molecule has 0 spiro atoms. The number of nitrogens with zero attached hydrogens (tertiary/aromatic N) is 2. The van der Waals surface area contributed by atoms with Crippen LogP contribution in [0.2, 0.25) is 15.1 Å². The van der Waals surface area contributed by atoms with Gasteiger partial charge in [-0.25, -0.2) is 0 Å². The molecule has 20 heavy (non-hydrogen) atoms. The molecule has 3 nitrogen and oxygen atoms in total. The van der Waals surface area contributed by atoms with E-state index in [-0.39, 0.29) is 0 Å². The summed E-state index contributed by atoms with van der Waals surface area (Å²) in [7, 11) is 0. The van der Waals surface area contributed by atoms with Crippen molar-refractivity contribution in [2.75, 3.05) is 0 Å². The minimum Gasteiger partial charge on any atom is -0.386 e. The highest BCUT2D eigenvalue weighted by Gasteiger charge is 2.18. The molecule has 0 saturated heterocycles. The lowest BCUT2D eigenvalue weighted by Crippen LogP contribution is -2.11. The fourth-order valence-corrected chi connectivity index (χ4v) is 2.67. The standard InChI is InChI=1S/C14H15Cl3N2O/c1-2-5-19-14(12(17)8-18-19)13(20)7-9-3-4-10(15)11(16)6-9/h3-4,6,8,13,20H,2,5,7H2,1H3. The zero-order valence-corrected chi connectivity index (χ0v) is 13.3. The van der Waals surface area contributed by atoms with Gasteiger partial charge in [-0.05, 0) is 24.1 Å². The molecule has 1 unspecified atom stereocenters. The minimum atomic E-state index is -0.728. The molecule has 2 aromatic rings. The predicted molar refractivity (Wildman–Crippen MR) is 82.7 cm³/mol. The molecule has 0 aliphatic rings. The van der Waals surface area contributed by atoms with Crippen molar-refractivity contribution in [2.24, 2.45) is 0 Å². The Hall–Kier alpha value is -0.740. The van der Waals surface area contributed by atoms with Crippen LogP contribution in [0.1, 0.15) is 30.7 Å². The molecular formula is C14H15Cl3N2O. The zero-order chi connectivity index (χ0) is 14.7. The van der Waals surface area contributed by atoms with Gasteiger partial charge in [0.25, 0.3) is 0 Å². The number of rotatable bonds is 5. The normalized spacial score (nSPS) is 12.7. The van der Waals surface area contributed by atoms with Crippen molar-refractivity contribution >= 4 is 34.8 Å². The number of aromatic nitrogens is 2. The van der Waals surface area contributed by atoms with Gasteiger partial charge >= 0.3 is 0 Å². The Bertz CT molecular complexity index is 598. The van der Waals surface area contributed by atoms with E-state index in [1.54, 1.807) is 23.0 Å². The van der Waals surface area contributed by atoms with Crippen molar-refractivity contribution in [3.63, 3.8) is 0 Å². The zero-order valence-electron chi connectivity index (χ0n) is 11.0. The Morgan fingerprint density at radius 3 is 2.60 bits per heavy atom. The molecule has 1 aromatic carbocycles. The molecule has 0 saturated carbocycles.